The molecule has 0 aromatic heterocycles. The molecule has 0 radical (unpaired) electrons. The molecule has 0 aliphatic rings. The van der Waals surface area contributed by atoms with Crippen LogP contribution < -0.4 is 9.62 Å². The average molecular weight is 457 g/mol. The minimum atomic E-state index is -3.80. The van der Waals surface area contributed by atoms with Crippen molar-refractivity contribution in [3.8, 4) is 0 Å². The van der Waals surface area contributed by atoms with Crippen LogP contribution in [0.5, 0.6) is 0 Å². The zero-order chi connectivity index (χ0) is 21.8. The molecular formula is C21H26Cl2N2O3S. The first-order chi connectivity index (χ1) is 13.5. The Kier molecular flexibility index (Phi) is 7.97. The van der Waals surface area contributed by atoms with E-state index in [1.807, 2.05) is 30.3 Å². The third-order valence-corrected chi connectivity index (χ3v) is 6.24. The summed E-state index contributed by atoms with van der Waals surface area (Å²) in [5.41, 5.74) is 1.14. The summed E-state index contributed by atoms with van der Waals surface area (Å²) in [6.07, 6.45) is 1.76. The van der Waals surface area contributed by atoms with Crippen LogP contribution in [0.15, 0.2) is 48.5 Å². The number of sulfonamides is 1. The van der Waals surface area contributed by atoms with E-state index in [0.29, 0.717) is 10.9 Å². The number of anilines is 1. The van der Waals surface area contributed by atoms with Gasteiger partial charge in [0.05, 0.1) is 23.0 Å². The molecule has 0 fully saturated rings. The largest absolute Gasteiger partial charge is 0.347 e. The summed E-state index contributed by atoms with van der Waals surface area (Å²) in [6, 6.07) is 12.9. The van der Waals surface area contributed by atoms with Crippen molar-refractivity contribution in [1.82, 2.24) is 5.32 Å². The fourth-order valence-corrected chi connectivity index (χ4v) is 4.77. The topological polar surface area (TPSA) is 66.5 Å². The Morgan fingerprint density at radius 3 is 2.24 bits per heavy atom. The molecule has 0 saturated heterocycles. The van der Waals surface area contributed by atoms with Crippen LogP contribution in [0.2, 0.25) is 10.0 Å². The van der Waals surface area contributed by atoms with E-state index in [-0.39, 0.29) is 16.8 Å². The lowest BCUT2D eigenvalue weighted by Gasteiger charge is -2.31. The lowest BCUT2D eigenvalue weighted by molar-refractivity contribution is -0.122. The molecule has 2 rings (SSSR count). The Morgan fingerprint density at radius 2 is 1.69 bits per heavy atom. The number of carbonyl (C=O) groups is 1. The number of nitrogens with one attached hydrogen (secondary N) is 1. The minimum absolute atomic E-state index is 0.171. The standard InChI is InChI=1S/C21H26Cl2N2O3S/c1-14(2)12-19(16-8-6-5-7-9-16)24-21(26)15(3)25(29(4,27)28)20-13-17(22)10-11-18(20)23/h5-11,13-15,19H,12H2,1-4H3,(H,24,26)/t15-,19-/m1/s1. The molecule has 0 spiro atoms. The van der Waals surface area contributed by atoms with Crippen LogP contribution >= 0.6 is 23.2 Å². The number of hydrogen-bond acceptors (Lipinski definition) is 3. The fourth-order valence-electron chi connectivity index (χ4n) is 3.16. The molecule has 2 aromatic carbocycles. The molecule has 0 aliphatic heterocycles. The molecule has 5 nitrogen and oxygen atoms in total. The Balaban J connectivity index is 2.36. The predicted octanol–water partition coefficient (Wildman–Crippen LogP) is 5.05. The van der Waals surface area contributed by atoms with Crippen molar-refractivity contribution in [2.75, 3.05) is 10.6 Å². The highest BCUT2D eigenvalue weighted by molar-refractivity contribution is 7.92. The van der Waals surface area contributed by atoms with Crippen molar-refractivity contribution < 1.29 is 13.2 Å². The summed E-state index contributed by atoms with van der Waals surface area (Å²) in [5.74, 6) is -0.0785. The molecule has 29 heavy (non-hydrogen) atoms. The van der Waals surface area contributed by atoms with Crippen LogP contribution in [-0.2, 0) is 14.8 Å². The van der Waals surface area contributed by atoms with Gasteiger partial charge in [-0.2, -0.15) is 0 Å². The maximum atomic E-state index is 13.1. The summed E-state index contributed by atoms with van der Waals surface area (Å²) in [5, 5.41) is 3.52. The van der Waals surface area contributed by atoms with Gasteiger partial charge in [0, 0.05) is 5.02 Å². The lowest BCUT2D eigenvalue weighted by atomic mass is 9.96. The Bertz CT molecular complexity index is 950. The first-order valence-electron chi connectivity index (χ1n) is 9.30. The summed E-state index contributed by atoms with van der Waals surface area (Å²) in [4.78, 5) is 13.1. The van der Waals surface area contributed by atoms with Gasteiger partial charge in [0.1, 0.15) is 6.04 Å². The maximum absolute atomic E-state index is 13.1. The third-order valence-electron chi connectivity index (χ3n) is 4.46. The van der Waals surface area contributed by atoms with Gasteiger partial charge in [-0.3, -0.25) is 9.10 Å². The van der Waals surface area contributed by atoms with Crippen molar-refractivity contribution >= 4 is 44.8 Å². The molecule has 0 bridgehead atoms. The van der Waals surface area contributed by atoms with E-state index in [4.69, 9.17) is 23.2 Å². The van der Waals surface area contributed by atoms with Gasteiger partial charge in [-0.25, -0.2) is 8.42 Å². The van der Waals surface area contributed by atoms with Crippen molar-refractivity contribution in [3.05, 3.63) is 64.1 Å². The van der Waals surface area contributed by atoms with E-state index in [1.54, 1.807) is 6.07 Å². The summed E-state index contributed by atoms with van der Waals surface area (Å²) < 4.78 is 26.0. The van der Waals surface area contributed by atoms with Gasteiger partial charge < -0.3 is 5.32 Å². The van der Waals surface area contributed by atoms with E-state index in [9.17, 15) is 13.2 Å². The Labute approximate surface area is 183 Å². The molecule has 0 aliphatic carbocycles. The molecular weight excluding hydrogens is 431 g/mol. The molecule has 0 unspecified atom stereocenters. The Hall–Kier alpha value is -1.76. The van der Waals surface area contributed by atoms with Gasteiger partial charge in [-0.1, -0.05) is 67.4 Å². The quantitative estimate of drug-likeness (QED) is 0.603. The predicted molar refractivity (Wildman–Crippen MR) is 120 cm³/mol. The van der Waals surface area contributed by atoms with E-state index >= 15 is 0 Å². The maximum Gasteiger partial charge on any atom is 0.244 e. The first kappa shape index (κ1) is 23.5. The summed E-state index contributed by atoms with van der Waals surface area (Å²) in [6.45, 7) is 5.67. The highest BCUT2D eigenvalue weighted by Crippen LogP contribution is 2.32. The number of nitrogens with zero attached hydrogens (tertiary/aromatic N) is 1. The van der Waals surface area contributed by atoms with Gasteiger partial charge in [0.15, 0.2) is 0 Å². The van der Waals surface area contributed by atoms with E-state index in [2.05, 4.69) is 19.2 Å². The number of rotatable bonds is 8. The number of carbonyl (C=O) groups excluding carboxylic acids is 1. The molecule has 0 saturated carbocycles. The zero-order valence-electron chi connectivity index (χ0n) is 16.9. The zero-order valence-corrected chi connectivity index (χ0v) is 19.2. The highest BCUT2D eigenvalue weighted by atomic mass is 35.5. The minimum Gasteiger partial charge on any atom is -0.347 e. The molecule has 2 atom stereocenters. The number of benzene rings is 2. The van der Waals surface area contributed by atoms with Crippen molar-refractivity contribution in [3.63, 3.8) is 0 Å². The van der Waals surface area contributed by atoms with Crippen LogP contribution in [0.3, 0.4) is 0 Å². The van der Waals surface area contributed by atoms with Gasteiger partial charge in [-0.05, 0) is 43.0 Å². The molecule has 2 aromatic rings. The first-order valence-corrected chi connectivity index (χ1v) is 11.9. The number of halogens is 2. The molecule has 1 amide bonds. The van der Waals surface area contributed by atoms with Crippen LogP contribution in [0.1, 0.15) is 38.8 Å². The second-order valence-corrected chi connectivity index (χ2v) is 10.1. The fraction of sp³-hybridized carbons (Fsp3) is 0.381. The SMILES string of the molecule is CC(C)C[C@@H](NC(=O)[C@@H](C)N(c1cc(Cl)ccc1Cl)S(C)(=O)=O)c1ccccc1. The lowest BCUT2D eigenvalue weighted by Crippen LogP contribution is -2.48. The van der Waals surface area contributed by atoms with Gasteiger partial charge in [0.25, 0.3) is 0 Å². The summed E-state index contributed by atoms with van der Waals surface area (Å²) >= 11 is 12.3. The van der Waals surface area contributed by atoms with Crippen molar-refractivity contribution in [2.45, 2.75) is 39.3 Å². The molecule has 0 heterocycles. The van der Waals surface area contributed by atoms with Gasteiger partial charge in [0.2, 0.25) is 15.9 Å². The van der Waals surface area contributed by atoms with E-state index < -0.39 is 22.0 Å². The van der Waals surface area contributed by atoms with E-state index in [1.165, 1.54) is 19.1 Å². The second-order valence-electron chi connectivity index (χ2n) is 7.43. The van der Waals surface area contributed by atoms with Crippen molar-refractivity contribution in [1.29, 1.82) is 0 Å². The normalized spacial score (nSPS) is 13.8. The Morgan fingerprint density at radius 1 is 1.07 bits per heavy atom. The van der Waals surface area contributed by atoms with Crippen LogP contribution in [-0.4, -0.2) is 26.6 Å². The second kappa shape index (κ2) is 9.83. The van der Waals surface area contributed by atoms with Gasteiger partial charge >= 0.3 is 0 Å². The molecule has 8 heteroatoms. The number of amides is 1. The molecule has 158 valence electrons. The average Bonchev–Trinajstić information content (AvgIpc) is 2.63. The number of hydrogen-bond donors (Lipinski definition) is 1. The van der Waals surface area contributed by atoms with Crippen LogP contribution in [0, 0.1) is 5.92 Å². The smallest absolute Gasteiger partial charge is 0.244 e. The van der Waals surface area contributed by atoms with Crippen molar-refractivity contribution in [2.24, 2.45) is 5.92 Å². The van der Waals surface area contributed by atoms with Gasteiger partial charge in [-0.15, -0.1) is 0 Å². The summed E-state index contributed by atoms with van der Waals surface area (Å²) in [7, 11) is -3.80. The monoisotopic (exact) mass is 456 g/mol. The third kappa shape index (κ3) is 6.36. The van der Waals surface area contributed by atoms with E-state index in [0.717, 1.165) is 22.5 Å². The van der Waals surface area contributed by atoms with Crippen LogP contribution in [0.25, 0.3) is 0 Å². The molecule has 1 N–H and O–H groups in total. The highest BCUT2D eigenvalue weighted by Gasteiger charge is 2.32. The van der Waals surface area contributed by atoms with Crippen LogP contribution in [0.4, 0.5) is 5.69 Å².